The summed E-state index contributed by atoms with van der Waals surface area (Å²) in [4.78, 5) is 11.7. The Balaban J connectivity index is 2.07. The first-order valence-electron chi connectivity index (χ1n) is 5.45. The van der Waals surface area contributed by atoms with Crippen molar-refractivity contribution in [1.29, 1.82) is 0 Å². The summed E-state index contributed by atoms with van der Waals surface area (Å²) in [5.74, 6) is -0.748. The summed E-state index contributed by atoms with van der Waals surface area (Å²) < 4.78 is 16.1. The van der Waals surface area contributed by atoms with Gasteiger partial charge in [0.25, 0.3) is 0 Å². The highest BCUT2D eigenvalue weighted by molar-refractivity contribution is 5.77. The van der Waals surface area contributed by atoms with Crippen LogP contribution in [0.1, 0.15) is 19.8 Å². The molecule has 2 rings (SSSR count). The third-order valence-electron chi connectivity index (χ3n) is 2.93. The van der Waals surface area contributed by atoms with Crippen molar-refractivity contribution < 1.29 is 19.0 Å². The topological polar surface area (TPSA) is 44.8 Å². The second-order valence-corrected chi connectivity index (χ2v) is 4.09. The Labute approximate surface area is 94.9 Å². The molecule has 1 atom stereocenters. The van der Waals surface area contributed by atoms with Gasteiger partial charge in [0, 0.05) is 6.42 Å². The van der Waals surface area contributed by atoms with Gasteiger partial charge >= 0.3 is 5.97 Å². The highest BCUT2D eigenvalue weighted by atomic mass is 16.7. The van der Waals surface area contributed by atoms with Crippen LogP contribution in [-0.4, -0.2) is 25.0 Å². The molecule has 0 spiro atoms. The Morgan fingerprint density at radius 3 is 2.81 bits per heavy atom. The standard InChI is InChI=1S/C12H16O4/c1-3-4-5-9-8-10(11(13)16-9)12(2)14-6-7-15-12/h3,5,10H,1,4,6-8H2,2H3/b9-5+. The highest BCUT2D eigenvalue weighted by Crippen LogP contribution is 2.38. The number of hydrogen-bond acceptors (Lipinski definition) is 4. The van der Waals surface area contributed by atoms with Crippen molar-refractivity contribution >= 4 is 5.97 Å². The molecular weight excluding hydrogens is 208 g/mol. The summed E-state index contributed by atoms with van der Waals surface area (Å²) in [6.07, 6.45) is 4.87. The van der Waals surface area contributed by atoms with Gasteiger partial charge in [-0.3, -0.25) is 4.79 Å². The summed E-state index contributed by atoms with van der Waals surface area (Å²) in [6.45, 7) is 6.48. The van der Waals surface area contributed by atoms with E-state index in [2.05, 4.69) is 6.58 Å². The third kappa shape index (κ3) is 2.03. The minimum absolute atomic E-state index is 0.264. The van der Waals surface area contributed by atoms with E-state index in [-0.39, 0.29) is 11.9 Å². The van der Waals surface area contributed by atoms with E-state index >= 15 is 0 Å². The van der Waals surface area contributed by atoms with Crippen molar-refractivity contribution in [2.75, 3.05) is 13.2 Å². The number of carbonyl (C=O) groups excluding carboxylic acids is 1. The van der Waals surface area contributed by atoms with Gasteiger partial charge in [0.1, 0.15) is 11.7 Å². The van der Waals surface area contributed by atoms with Crippen molar-refractivity contribution in [2.45, 2.75) is 25.6 Å². The molecule has 0 aromatic heterocycles. The van der Waals surface area contributed by atoms with E-state index in [1.165, 1.54) is 0 Å². The van der Waals surface area contributed by atoms with Crippen LogP contribution in [0.3, 0.4) is 0 Å². The van der Waals surface area contributed by atoms with Crippen LogP contribution in [0.15, 0.2) is 24.5 Å². The maximum Gasteiger partial charge on any atom is 0.319 e. The minimum Gasteiger partial charge on any atom is -0.431 e. The molecule has 16 heavy (non-hydrogen) atoms. The molecule has 1 unspecified atom stereocenters. The summed E-state index contributed by atoms with van der Waals surface area (Å²) in [5.41, 5.74) is 0. The minimum atomic E-state index is -0.819. The van der Waals surface area contributed by atoms with Gasteiger partial charge in [-0.15, -0.1) is 6.58 Å². The SMILES string of the molecule is C=CC/C=C1\CC(C2(C)OCCO2)C(=O)O1. The predicted molar refractivity (Wildman–Crippen MR) is 57.4 cm³/mol. The van der Waals surface area contributed by atoms with E-state index in [9.17, 15) is 4.79 Å². The molecule has 2 fully saturated rings. The summed E-state index contributed by atoms with van der Waals surface area (Å²) >= 11 is 0. The number of rotatable bonds is 3. The zero-order valence-corrected chi connectivity index (χ0v) is 9.40. The molecule has 0 bridgehead atoms. The molecule has 0 aliphatic carbocycles. The molecule has 4 nitrogen and oxygen atoms in total. The van der Waals surface area contributed by atoms with Gasteiger partial charge in [0.05, 0.1) is 13.2 Å². The van der Waals surface area contributed by atoms with Crippen molar-refractivity contribution in [3.8, 4) is 0 Å². The van der Waals surface area contributed by atoms with Crippen LogP contribution in [0.5, 0.6) is 0 Å². The Morgan fingerprint density at radius 2 is 2.19 bits per heavy atom. The molecule has 0 radical (unpaired) electrons. The molecule has 2 heterocycles. The molecule has 4 heteroatoms. The maximum absolute atomic E-state index is 11.7. The van der Waals surface area contributed by atoms with Crippen LogP contribution in [0, 0.1) is 5.92 Å². The molecule has 0 amide bonds. The maximum atomic E-state index is 11.7. The second kappa shape index (κ2) is 4.39. The van der Waals surface area contributed by atoms with E-state index < -0.39 is 5.79 Å². The van der Waals surface area contributed by atoms with Crippen LogP contribution in [-0.2, 0) is 19.0 Å². The number of cyclic esters (lactones) is 1. The normalized spacial score (nSPS) is 30.7. The average Bonchev–Trinajstić information content (AvgIpc) is 2.83. The molecule has 88 valence electrons. The molecule has 0 saturated carbocycles. The number of carbonyl (C=O) groups is 1. The Morgan fingerprint density at radius 1 is 1.50 bits per heavy atom. The zero-order chi connectivity index (χ0) is 11.6. The van der Waals surface area contributed by atoms with Crippen molar-refractivity contribution in [3.63, 3.8) is 0 Å². The van der Waals surface area contributed by atoms with Crippen molar-refractivity contribution in [1.82, 2.24) is 0 Å². The van der Waals surface area contributed by atoms with Crippen LogP contribution < -0.4 is 0 Å². The lowest BCUT2D eigenvalue weighted by Gasteiger charge is -2.25. The van der Waals surface area contributed by atoms with Crippen LogP contribution in [0.25, 0.3) is 0 Å². The lowest BCUT2D eigenvalue weighted by molar-refractivity contribution is -0.189. The van der Waals surface area contributed by atoms with Gasteiger partial charge in [-0.1, -0.05) is 6.08 Å². The summed E-state index contributed by atoms with van der Waals surface area (Å²) in [5, 5.41) is 0. The lowest BCUT2D eigenvalue weighted by atomic mass is 9.97. The Hall–Kier alpha value is -1.13. The number of esters is 1. The van der Waals surface area contributed by atoms with Crippen molar-refractivity contribution in [2.24, 2.45) is 5.92 Å². The molecular formula is C12H16O4. The molecule has 2 saturated heterocycles. The monoisotopic (exact) mass is 224 g/mol. The van der Waals surface area contributed by atoms with E-state index in [0.29, 0.717) is 31.8 Å². The van der Waals surface area contributed by atoms with Gasteiger partial charge in [-0.2, -0.15) is 0 Å². The van der Waals surface area contributed by atoms with E-state index in [1.807, 2.05) is 6.08 Å². The van der Waals surface area contributed by atoms with Gasteiger partial charge in [0.15, 0.2) is 5.79 Å². The fourth-order valence-electron chi connectivity index (χ4n) is 2.00. The molecule has 2 aliphatic rings. The van der Waals surface area contributed by atoms with Gasteiger partial charge in [-0.25, -0.2) is 0 Å². The van der Waals surface area contributed by atoms with E-state index in [1.54, 1.807) is 13.0 Å². The highest BCUT2D eigenvalue weighted by Gasteiger charge is 2.49. The third-order valence-corrected chi connectivity index (χ3v) is 2.93. The van der Waals surface area contributed by atoms with Crippen LogP contribution >= 0.6 is 0 Å². The average molecular weight is 224 g/mol. The van der Waals surface area contributed by atoms with Crippen LogP contribution in [0.4, 0.5) is 0 Å². The first kappa shape index (κ1) is 11.4. The fraction of sp³-hybridized carbons (Fsp3) is 0.583. The second-order valence-electron chi connectivity index (χ2n) is 4.09. The number of ether oxygens (including phenoxy) is 3. The first-order valence-corrected chi connectivity index (χ1v) is 5.45. The zero-order valence-electron chi connectivity index (χ0n) is 9.40. The largest absolute Gasteiger partial charge is 0.431 e. The van der Waals surface area contributed by atoms with E-state index in [0.717, 1.165) is 0 Å². The lowest BCUT2D eigenvalue weighted by Crippen LogP contribution is -2.38. The Bertz CT molecular complexity index is 326. The van der Waals surface area contributed by atoms with Crippen molar-refractivity contribution in [3.05, 3.63) is 24.5 Å². The summed E-state index contributed by atoms with van der Waals surface area (Å²) in [7, 11) is 0. The smallest absolute Gasteiger partial charge is 0.319 e. The van der Waals surface area contributed by atoms with Crippen LogP contribution in [0.2, 0.25) is 0 Å². The van der Waals surface area contributed by atoms with Gasteiger partial charge in [0.2, 0.25) is 0 Å². The number of hydrogen-bond donors (Lipinski definition) is 0. The fourth-order valence-corrected chi connectivity index (χ4v) is 2.00. The summed E-state index contributed by atoms with van der Waals surface area (Å²) in [6, 6.07) is 0. The predicted octanol–water partition coefficient (Wildman–Crippen LogP) is 1.77. The van der Waals surface area contributed by atoms with Gasteiger partial charge < -0.3 is 14.2 Å². The molecule has 0 aromatic rings. The molecule has 2 aliphatic heterocycles. The van der Waals surface area contributed by atoms with Gasteiger partial charge in [-0.05, 0) is 19.4 Å². The number of allylic oxidation sites excluding steroid dienone is 3. The molecule has 0 N–H and O–H groups in total. The van der Waals surface area contributed by atoms with E-state index in [4.69, 9.17) is 14.2 Å². The first-order chi connectivity index (χ1) is 7.65. The Kier molecular flexibility index (Phi) is 3.12. The quantitative estimate of drug-likeness (QED) is 0.541. The molecule has 0 aromatic carbocycles.